The van der Waals surface area contributed by atoms with Crippen molar-refractivity contribution in [1.82, 2.24) is 10.2 Å². The van der Waals surface area contributed by atoms with Crippen molar-refractivity contribution in [2.24, 2.45) is 5.73 Å². The van der Waals surface area contributed by atoms with Gasteiger partial charge in [-0.1, -0.05) is 6.92 Å². The Balaban J connectivity index is 2.47. The summed E-state index contributed by atoms with van der Waals surface area (Å²) in [6.45, 7) is 3.18. The zero-order valence-electron chi connectivity index (χ0n) is 11.9. The van der Waals surface area contributed by atoms with Crippen LogP contribution in [0.25, 0.3) is 0 Å². The van der Waals surface area contributed by atoms with Gasteiger partial charge in [-0.2, -0.15) is 0 Å². The second kappa shape index (κ2) is 8.12. The summed E-state index contributed by atoms with van der Waals surface area (Å²) in [7, 11) is 1.24. The summed E-state index contributed by atoms with van der Waals surface area (Å²) < 4.78 is 4.42. The van der Waals surface area contributed by atoms with Gasteiger partial charge < -0.3 is 10.5 Å². The number of nitrogens with zero attached hydrogens (tertiary/aromatic N) is 1. The molecule has 0 bridgehead atoms. The number of amides is 2. The van der Waals surface area contributed by atoms with Gasteiger partial charge in [0.05, 0.1) is 13.7 Å². The Morgan fingerprint density at radius 2 is 1.95 bits per heavy atom. The van der Waals surface area contributed by atoms with E-state index in [1.165, 1.54) is 7.11 Å². The van der Waals surface area contributed by atoms with Gasteiger partial charge >= 0.3 is 6.09 Å². The fourth-order valence-corrected chi connectivity index (χ4v) is 2.53. The van der Waals surface area contributed by atoms with E-state index in [0.717, 1.165) is 38.6 Å². The number of alkyl carbamates (subject to hydrolysis) is 1. The maximum Gasteiger partial charge on any atom is 0.413 e. The second-order valence-electron chi connectivity index (χ2n) is 5.08. The van der Waals surface area contributed by atoms with Crippen LogP contribution in [0.2, 0.25) is 0 Å². The molecule has 0 heterocycles. The normalized spacial score (nSPS) is 23.2. The SMILES string of the molecule is CCCN(CC(=O)NC(=O)OC)C1CCC(N)CC1. The Kier molecular flexibility index (Phi) is 6.80. The van der Waals surface area contributed by atoms with Crippen molar-refractivity contribution in [2.75, 3.05) is 20.2 Å². The molecule has 6 heteroatoms. The Bertz CT molecular complexity index is 302. The molecule has 1 aliphatic rings. The van der Waals surface area contributed by atoms with E-state index >= 15 is 0 Å². The number of hydrogen-bond donors (Lipinski definition) is 2. The van der Waals surface area contributed by atoms with E-state index in [-0.39, 0.29) is 12.5 Å². The molecule has 0 unspecified atom stereocenters. The lowest BCUT2D eigenvalue weighted by Crippen LogP contribution is -2.47. The van der Waals surface area contributed by atoms with Crippen LogP contribution in [0.15, 0.2) is 0 Å². The average molecular weight is 271 g/mol. The van der Waals surface area contributed by atoms with Gasteiger partial charge in [-0.25, -0.2) is 4.79 Å². The highest BCUT2D eigenvalue weighted by Crippen LogP contribution is 2.22. The highest BCUT2D eigenvalue weighted by atomic mass is 16.5. The topological polar surface area (TPSA) is 84.7 Å². The molecule has 0 aromatic heterocycles. The van der Waals surface area contributed by atoms with E-state index < -0.39 is 6.09 Å². The Labute approximate surface area is 114 Å². The molecule has 1 saturated carbocycles. The number of methoxy groups -OCH3 is 1. The third kappa shape index (κ3) is 5.57. The predicted molar refractivity (Wildman–Crippen MR) is 72.6 cm³/mol. The van der Waals surface area contributed by atoms with E-state index in [0.29, 0.717) is 12.1 Å². The first kappa shape index (κ1) is 15.9. The fourth-order valence-electron chi connectivity index (χ4n) is 2.53. The largest absolute Gasteiger partial charge is 0.453 e. The molecular weight excluding hydrogens is 246 g/mol. The molecule has 6 nitrogen and oxygen atoms in total. The van der Waals surface area contributed by atoms with Crippen molar-refractivity contribution < 1.29 is 14.3 Å². The van der Waals surface area contributed by atoms with Gasteiger partial charge in [0.25, 0.3) is 0 Å². The van der Waals surface area contributed by atoms with Crippen molar-refractivity contribution in [3.8, 4) is 0 Å². The summed E-state index contributed by atoms with van der Waals surface area (Å²) in [4.78, 5) is 24.9. The van der Waals surface area contributed by atoms with E-state index in [1.807, 2.05) is 0 Å². The van der Waals surface area contributed by atoms with Crippen LogP contribution >= 0.6 is 0 Å². The molecule has 19 heavy (non-hydrogen) atoms. The summed E-state index contributed by atoms with van der Waals surface area (Å²) in [6, 6.07) is 0.687. The number of nitrogens with two attached hydrogens (primary N) is 1. The molecule has 1 aliphatic carbocycles. The molecule has 0 radical (unpaired) electrons. The quantitative estimate of drug-likeness (QED) is 0.774. The molecule has 0 spiro atoms. The van der Waals surface area contributed by atoms with Gasteiger partial charge in [-0.3, -0.25) is 15.0 Å². The van der Waals surface area contributed by atoms with E-state index in [2.05, 4.69) is 21.9 Å². The summed E-state index contributed by atoms with van der Waals surface area (Å²) in [6.07, 6.45) is 4.33. The number of hydrogen-bond acceptors (Lipinski definition) is 5. The molecule has 0 atom stereocenters. The highest BCUT2D eigenvalue weighted by Gasteiger charge is 2.25. The molecule has 1 rings (SSSR count). The lowest BCUT2D eigenvalue weighted by atomic mass is 9.90. The molecule has 0 aromatic carbocycles. The summed E-state index contributed by atoms with van der Waals surface area (Å²) in [5, 5.41) is 2.20. The van der Waals surface area contributed by atoms with Crippen molar-refractivity contribution in [3.63, 3.8) is 0 Å². The minimum atomic E-state index is -0.702. The maximum absolute atomic E-state index is 11.7. The molecule has 0 saturated heterocycles. The molecule has 0 aromatic rings. The molecule has 2 amide bonds. The second-order valence-corrected chi connectivity index (χ2v) is 5.08. The number of carbonyl (C=O) groups is 2. The van der Waals surface area contributed by atoms with Crippen molar-refractivity contribution >= 4 is 12.0 Å². The summed E-state index contributed by atoms with van der Waals surface area (Å²) >= 11 is 0. The average Bonchev–Trinajstić information content (AvgIpc) is 2.39. The fraction of sp³-hybridized carbons (Fsp3) is 0.846. The van der Waals surface area contributed by atoms with Crippen LogP contribution in [0, 0.1) is 0 Å². The number of rotatable bonds is 5. The van der Waals surface area contributed by atoms with Crippen LogP contribution in [0.3, 0.4) is 0 Å². The standard InChI is InChI=1S/C13H25N3O3/c1-3-8-16(9-12(17)15-13(18)19-2)11-6-4-10(14)5-7-11/h10-11H,3-9,14H2,1-2H3,(H,15,17,18). The summed E-state index contributed by atoms with van der Waals surface area (Å²) in [5.74, 6) is -0.310. The smallest absolute Gasteiger partial charge is 0.413 e. The van der Waals surface area contributed by atoms with Crippen LogP contribution in [0.1, 0.15) is 39.0 Å². The predicted octanol–water partition coefficient (Wildman–Crippen LogP) is 0.851. The van der Waals surface area contributed by atoms with E-state index in [1.54, 1.807) is 0 Å². The van der Waals surface area contributed by atoms with Crippen LogP contribution < -0.4 is 11.1 Å². The van der Waals surface area contributed by atoms with Gasteiger partial charge in [0.15, 0.2) is 0 Å². The van der Waals surface area contributed by atoms with Gasteiger partial charge in [-0.15, -0.1) is 0 Å². The van der Waals surface area contributed by atoms with Crippen LogP contribution in [-0.4, -0.2) is 49.2 Å². The monoisotopic (exact) mass is 271 g/mol. The zero-order chi connectivity index (χ0) is 14.3. The van der Waals surface area contributed by atoms with Gasteiger partial charge in [-0.05, 0) is 38.6 Å². The minimum absolute atomic E-state index is 0.239. The Morgan fingerprint density at radius 3 is 2.47 bits per heavy atom. The molecule has 1 fully saturated rings. The van der Waals surface area contributed by atoms with Gasteiger partial charge in [0.2, 0.25) is 5.91 Å². The maximum atomic E-state index is 11.7. The van der Waals surface area contributed by atoms with Crippen molar-refractivity contribution in [3.05, 3.63) is 0 Å². The molecule has 0 aliphatic heterocycles. The van der Waals surface area contributed by atoms with Crippen LogP contribution in [0.4, 0.5) is 4.79 Å². The molecular formula is C13H25N3O3. The van der Waals surface area contributed by atoms with Crippen LogP contribution in [-0.2, 0) is 9.53 Å². The molecule has 3 N–H and O–H groups in total. The van der Waals surface area contributed by atoms with Crippen LogP contribution in [0.5, 0.6) is 0 Å². The number of imide groups is 1. The zero-order valence-corrected chi connectivity index (χ0v) is 11.9. The molecule has 110 valence electrons. The number of carbonyl (C=O) groups excluding carboxylic acids is 2. The van der Waals surface area contributed by atoms with Gasteiger partial charge in [0.1, 0.15) is 0 Å². The number of ether oxygens (including phenoxy) is 1. The minimum Gasteiger partial charge on any atom is -0.453 e. The first-order chi connectivity index (χ1) is 9.06. The van der Waals surface area contributed by atoms with Gasteiger partial charge in [0, 0.05) is 12.1 Å². The highest BCUT2D eigenvalue weighted by molar-refractivity contribution is 5.92. The van der Waals surface area contributed by atoms with Crippen molar-refractivity contribution in [1.29, 1.82) is 0 Å². The lowest BCUT2D eigenvalue weighted by Gasteiger charge is -2.35. The summed E-state index contributed by atoms with van der Waals surface area (Å²) in [5.41, 5.74) is 5.90. The number of nitrogens with one attached hydrogen (secondary N) is 1. The lowest BCUT2D eigenvalue weighted by molar-refractivity contribution is -0.122. The van der Waals surface area contributed by atoms with E-state index in [9.17, 15) is 9.59 Å². The third-order valence-electron chi connectivity index (χ3n) is 3.54. The van der Waals surface area contributed by atoms with E-state index in [4.69, 9.17) is 5.73 Å². The van der Waals surface area contributed by atoms with Crippen molar-refractivity contribution in [2.45, 2.75) is 51.1 Å². The first-order valence-electron chi connectivity index (χ1n) is 6.94. The first-order valence-corrected chi connectivity index (χ1v) is 6.94. The third-order valence-corrected chi connectivity index (χ3v) is 3.54. The Morgan fingerprint density at radius 1 is 1.32 bits per heavy atom. The Hall–Kier alpha value is -1.14.